The fraction of sp³-hybridized carbons (Fsp3) is 0.111. The number of para-hydroxylation sites is 1. The summed E-state index contributed by atoms with van der Waals surface area (Å²) in [5.41, 5.74) is 7.16. The Bertz CT molecular complexity index is 2070. The topological polar surface area (TPSA) is 46.0 Å². The zero-order valence-electron chi connectivity index (χ0n) is 22.6. The summed E-state index contributed by atoms with van der Waals surface area (Å²) in [7, 11) is 0. The van der Waals surface area contributed by atoms with E-state index < -0.39 is 0 Å². The Balaban J connectivity index is 1.53. The lowest BCUT2D eigenvalue weighted by atomic mass is 9.84. The second-order valence-corrected chi connectivity index (χ2v) is 12.3. The molecule has 0 aliphatic heterocycles. The maximum atomic E-state index is 10.6. The van der Waals surface area contributed by atoms with Gasteiger partial charge in [0.15, 0.2) is 0 Å². The lowest BCUT2D eigenvalue weighted by Gasteiger charge is -2.21. The van der Waals surface area contributed by atoms with E-state index in [1.54, 1.807) is 17.4 Å². The first kappa shape index (κ1) is 24.5. The standard InChI is InChI=1S/C36H28N2OS/c1-36(2,3)26-19-30(34-33(20-26)40-35(38-34)28-14-8-9-15-32(28)39)29-17-25(16-23-11-6-7-13-27(23)29)31-18-22-10-4-5-12-24(22)21-37-31/h4-21,39H,1-3H3. The minimum atomic E-state index is -0.0463. The molecular formula is C36H28N2OS. The summed E-state index contributed by atoms with van der Waals surface area (Å²) in [6.07, 6.45) is 1.96. The highest BCUT2D eigenvalue weighted by molar-refractivity contribution is 7.21. The molecule has 0 fully saturated rings. The maximum Gasteiger partial charge on any atom is 0.128 e. The Kier molecular flexibility index (Phi) is 5.69. The van der Waals surface area contributed by atoms with Crippen molar-refractivity contribution >= 4 is 43.1 Å². The zero-order valence-corrected chi connectivity index (χ0v) is 23.5. The molecule has 0 spiro atoms. The summed E-state index contributed by atoms with van der Waals surface area (Å²) >= 11 is 1.63. The van der Waals surface area contributed by atoms with Crippen LogP contribution < -0.4 is 0 Å². The Morgan fingerprint density at radius 1 is 0.675 bits per heavy atom. The van der Waals surface area contributed by atoms with Crippen LogP contribution in [0.5, 0.6) is 5.75 Å². The quantitative estimate of drug-likeness (QED) is 0.244. The van der Waals surface area contributed by atoms with Crippen LogP contribution in [0.3, 0.4) is 0 Å². The third kappa shape index (κ3) is 4.21. The van der Waals surface area contributed by atoms with Gasteiger partial charge in [0.1, 0.15) is 10.8 Å². The first-order valence-electron chi connectivity index (χ1n) is 13.5. The van der Waals surface area contributed by atoms with Gasteiger partial charge in [-0.25, -0.2) is 4.98 Å². The minimum Gasteiger partial charge on any atom is -0.507 e. The van der Waals surface area contributed by atoms with Gasteiger partial charge >= 0.3 is 0 Å². The molecule has 0 unspecified atom stereocenters. The number of phenols is 1. The van der Waals surface area contributed by atoms with E-state index in [1.165, 1.54) is 16.3 Å². The van der Waals surface area contributed by atoms with Crippen LogP contribution >= 0.6 is 11.3 Å². The molecule has 0 aliphatic rings. The van der Waals surface area contributed by atoms with Crippen molar-refractivity contribution in [1.29, 1.82) is 0 Å². The van der Waals surface area contributed by atoms with Crippen LogP contribution in [0.15, 0.2) is 109 Å². The minimum absolute atomic E-state index is 0.0463. The third-order valence-corrected chi connectivity index (χ3v) is 8.61. The molecule has 0 atom stereocenters. The van der Waals surface area contributed by atoms with Crippen molar-refractivity contribution in [3.05, 3.63) is 115 Å². The van der Waals surface area contributed by atoms with Crippen molar-refractivity contribution in [2.75, 3.05) is 0 Å². The largest absolute Gasteiger partial charge is 0.507 e. The molecule has 2 aromatic heterocycles. The number of aromatic nitrogens is 2. The smallest absolute Gasteiger partial charge is 0.128 e. The number of hydrogen-bond acceptors (Lipinski definition) is 4. The third-order valence-electron chi connectivity index (χ3n) is 7.57. The molecule has 7 aromatic rings. The van der Waals surface area contributed by atoms with Gasteiger partial charge in [0, 0.05) is 22.7 Å². The molecule has 0 amide bonds. The molecule has 0 saturated heterocycles. The highest BCUT2D eigenvalue weighted by atomic mass is 32.1. The van der Waals surface area contributed by atoms with Crippen LogP contribution in [-0.4, -0.2) is 15.1 Å². The number of pyridine rings is 1. The van der Waals surface area contributed by atoms with Gasteiger partial charge in [-0.1, -0.05) is 81.4 Å². The summed E-state index contributed by atoms with van der Waals surface area (Å²) < 4.78 is 1.11. The van der Waals surface area contributed by atoms with Gasteiger partial charge in [-0.3, -0.25) is 4.98 Å². The molecule has 3 nitrogen and oxygen atoms in total. The second-order valence-electron chi connectivity index (χ2n) is 11.3. The number of benzene rings is 5. The molecule has 1 N–H and O–H groups in total. The summed E-state index contributed by atoms with van der Waals surface area (Å²) in [6, 6.07) is 35.5. The number of thiazole rings is 1. The van der Waals surface area contributed by atoms with E-state index in [0.717, 1.165) is 53.9 Å². The number of aromatic hydroxyl groups is 1. The molecule has 7 rings (SSSR count). The summed E-state index contributed by atoms with van der Waals surface area (Å²) in [5.74, 6) is 0.244. The predicted octanol–water partition coefficient (Wildman–Crippen LogP) is 10.0. The molecule has 0 saturated carbocycles. The van der Waals surface area contributed by atoms with E-state index in [0.29, 0.717) is 0 Å². The highest BCUT2D eigenvalue weighted by Gasteiger charge is 2.22. The summed E-state index contributed by atoms with van der Waals surface area (Å²) in [4.78, 5) is 9.99. The lowest BCUT2D eigenvalue weighted by molar-refractivity contribution is 0.477. The number of fused-ring (bicyclic) bond motifs is 3. The van der Waals surface area contributed by atoms with Crippen LogP contribution in [0.4, 0.5) is 0 Å². The van der Waals surface area contributed by atoms with Crippen molar-refractivity contribution in [3.63, 3.8) is 0 Å². The SMILES string of the molecule is CC(C)(C)c1cc(-c2cc(-c3cc4ccccc4cn3)cc3ccccc23)c2nc(-c3ccccc3O)sc2c1. The number of hydrogen-bond donors (Lipinski definition) is 1. The number of nitrogens with zero attached hydrogens (tertiary/aromatic N) is 2. The van der Waals surface area contributed by atoms with E-state index in [1.807, 2.05) is 30.5 Å². The van der Waals surface area contributed by atoms with E-state index >= 15 is 0 Å². The summed E-state index contributed by atoms with van der Waals surface area (Å²) in [5, 5.41) is 16.1. The van der Waals surface area contributed by atoms with Crippen molar-refractivity contribution in [1.82, 2.24) is 9.97 Å². The fourth-order valence-corrected chi connectivity index (χ4v) is 6.43. The van der Waals surface area contributed by atoms with Crippen molar-refractivity contribution in [2.24, 2.45) is 0 Å². The summed E-state index contributed by atoms with van der Waals surface area (Å²) in [6.45, 7) is 6.74. The maximum absolute atomic E-state index is 10.6. The number of rotatable bonds is 3. The molecule has 194 valence electrons. The van der Waals surface area contributed by atoms with Gasteiger partial charge < -0.3 is 5.11 Å². The van der Waals surface area contributed by atoms with E-state index in [-0.39, 0.29) is 11.2 Å². The van der Waals surface area contributed by atoms with E-state index in [4.69, 9.17) is 9.97 Å². The molecule has 2 heterocycles. The van der Waals surface area contributed by atoms with Gasteiger partial charge in [-0.15, -0.1) is 11.3 Å². The average molecular weight is 537 g/mol. The van der Waals surface area contributed by atoms with Crippen molar-refractivity contribution in [3.8, 4) is 38.7 Å². The number of phenolic OH excluding ortho intramolecular Hbond substituents is 1. The average Bonchev–Trinajstić information content (AvgIpc) is 3.40. The Hall–Kier alpha value is -4.54. The van der Waals surface area contributed by atoms with Gasteiger partial charge in [-0.05, 0) is 75.2 Å². The van der Waals surface area contributed by atoms with Crippen LogP contribution in [0.2, 0.25) is 0 Å². The zero-order chi connectivity index (χ0) is 27.4. The first-order valence-corrected chi connectivity index (χ1v) is 14.3. The Morgan fingerprint density at radius 2 is 1.40 bits per heavy atom. The van der Waals surface area contributed by atoms with Crippen LogP contribution in [0, 0.1) is 0 Å². The van der Waals surface area contributed by atoms with Crippen molar-refractivity contribution in [2.45, 2.75) is 26.2 Å². The Morgan fingerprint density at radius 3 is 2.20 bits per heavy atom. The van der Waals surface area contributed by atoms with Gasteiger partial charge in [0.2, 0.25) is 0 Å². The highest BCUT2D eigenvalue weighted by Crippen LogP contribution is 2.43. The molecular weight excluding hydrogens is 508 g/mol. The van der Waals surface area contributed by atoms with Gasteiger partial charge in [-0.2, -0.15) is 0 Å². The Labute approximate surface area is 237 Å². The molecule has 0 aliphatic carbocycles. The van der Waals surface area contributed by atoms with Gasteiger partial charge in [0.05, 0.1) is 21.5 Å². The molecule has 5 aromatic carbocycles. The van der Waals surface area contributed by atoms with Crippen LogP contribution in [0.1, 0.15) is 26.3 Å². The van der Waals surface area contributed by atoms with Crippen LogP contribution in [-0.2, 0) is 5.41 Å². The molecule has 40 heavy (non-hydrogen) atoms. The molecule has 4 heteroatoms. The predicted molar refractivity (Wildman–Crippen MR) is 169 cm³/mol. The molecule has 0 bridgehead atoms. The van der Waals surface area contributed by atoms with Crippen molar-refractivity contribution < 1.29 is 5.11 Å². The van der Waals surface area contributed by atoms with Crippen LogP contribution in [0.25, 0.3) is 64.7 Å². The normalized spacial score (nSPS) is 12.0. The molecule has 0 radical (unpaired) electrons. The first-order chi connectivity index (χ1) is 19.3. The fourth-order valence-electron chi connectivity index (χ4n) is 5.36. The van der Waals surface area contributed by atoms with Gasteiger partial charge in [0.25, 0.3) is 0 Å². The van der Waals surface area contributed by atoms with E-state index in [9.17, 15) is 5.11 Å². The second kappa shape index (κ2) is 9.29. The van der Waals surface area contributed by atoms with E-state index in [2.05, 4.69) is 93.6 Å². The lowest BCUT2D eigenvalue weighted by Crippen LogP contribution is -2.11. The monoisotopic (exact) mass is 536 g/mol.